The number of hydrogen-bond acceptors (Lipinski definition) is 7. The van der Waals surface area contributed by atoms with E-state index in [1.165, 1.54) is 34.9 Å². The standard InChI is InChI=1S/C12H26O7P2/c1-15-20(13,16-2)12(19-21(14,17-3)18-4)10-11-8-6-5-7-9-11/h11-12H,5-10H2,1-4H3. The summed E-state index contributed by atoms with van der Waals surface area (Å²) in [6, 6.07) is 0. The van der Waals surface area contributed by atoms with E-state index in [1.54, 1.807) is 0 Å². The molecule has 0 aliphatic heterocycles. The van der Waals surface area contributed by atoms with E-state index >= 15 is 0 Å². The summed E-state index contributed by atoms with van der Waals surface area (Å²) in [5, 5.41) is 0. The van der Waals surface area contributed by atoms with Gasteiger partial charge < -0.3 is 9.05 Å². The predicted molar refractivity (Wildman–Crippen MR) is 79.3 cm³/mol. The lowest BCUT2D eigenvalue weighted by atomic mass is 9.87. The predicted octanol–water partition coefficient (Wildman–Crippen LogP) is 4.19. The third-order valence-corrected chi connectivity index (χ3v) is 7.43. The zero-order chi connectivity index (χ0) is 15.9. The van der Waals surface area contributed by atoms with E-state index < -0.39 is 21.3 Å². The average Bonchev–Trinajstić information content (AvgIpc) is 2.54. The van der Waals surface area contributed by atoms with Crippen molar-refractivity contribution in [2.45, 2.75) is 44.4 Å². The monoisotopic (exact) mass is 344 g/mol. The molecule has 0 spiro atoms. The van der Waals surface area contributed by atoms with Gasteiger partial charge in [0.25, 0.3) is 0 Å². The Hall–Kier alpha value is 0.260. The highest BCUT2D eigenvalue weighted by Gasteiger charge is 2.42. The first-order valence-electron chi connectivity index (χ1n) is 7.04. The summed E-state index contributed by atoms with van der Waals surface area (Å²) in [5.74, 6) is -0.633. The fraction of sp³-hybridized carbons (Fsp3) is 1.00. The third kappa shape index (κ3) is 5.43. The molecule has 126 valence electrons. The lowest BCUT2D eigenvalue weighted by Crippen LogP contribution is -2.21. The van der Waals surface area contributed by atoms with Crippen molar-refractivity contribution in [2.75, 3.05) is 28.4 Å². The van der Waals surface area contributed by atoms with Crippen molar-refractivity contribution in [1.29, 1.82) is 0 Å². The smallest absolute Gasteiger partial charge is 0.310 e. The molecule has 0 amide bonds. The maximum atomic E-state index is 12.6. The summed E-state index contributed by atoms with van der Waals surface area (Å²) < 4.78 is 49.7. The van der Waals surface area contributed by atoms with Crippen molar-refractivity contribution >= 4 is 15.4 Å². The molecule has 0 N–H and O–H groups in total. The minimum absolute atomic E-state index is 0.338. The first-order chi connectivity index (χ1) is 9.93. The largest absolute Gasteiger partial charge is 0.475 e. The van der Waals surface area contributed by atoms with Crippen LogP contribution in [0.15, 0.2) is 0 Å². The van der Waals surface area contributed by atoms with E-state index in [1.807, 2.05) is 0 Å². The van der Waals surface area contributed by atoms with Gasteiger partial charge in [-0.2, -0.15) is 0 Å². The van der Waals surface area contributed by atoms with Crippen LogP contribution in [0.2, 0.25) is 0 Å². The van der Waals surface area contributed by atoms with E-state index in [4.69, 9.17) is 22.6 Å². The fourth-order valence-electron chi connectivity index (χ4n) is 2.56. The van der Waals surface area contributed by atoms with Crippen LogP contribution in [0.25, 0.3) is 0 Å². The molecule has 1 aliphatic rings. The third-order valence-electron chi connectivity index (χ3n) is 3.82. The quantitative estimate of drug-likeness (QED) is 0.580. The summed E-state index contributed by atoms with van der Waals surface area (Å²) in [6.07, 6.45) is 5.97. The topological polar surface area (TPSA) is 80.3 Å². The minimum Gasteiger partial charge on any atom is -0.310 e. The Morgan fingerprint density at radius 2 is 1.43 bits per heavy atom. The highest BCUT2D eigenvalue weighted by Crippen LogP contribution is 2.61. The van der Waals surface area contributed by atoms with Crippen LogP contribution in [0.1, 0.15) is 38.5 Å². The second-order valence-corrected chi connectivity index (χ2v) is 9.24. The van der Waals surface area contributed by atoms with Gasteiger partial charge in [0, 0.05) is 28.4 Å². The summed E-state index contributed by atoms with van der Waals surface area (Å²) in [4.78, 5) is 0. The molecule has 1 saturated carbocycles. The lowest BCUT2D eigenvalue weighted by Gasteiger charge is -2.30. The van der Waals surface area contributed by atoms with Gasteiger partial charge >= 0.3 is 15.4 Å². The lowest BCUT2D eigenvalue weighted by molar-refractivity contribution is 0.0994. The van der Waals surface area contributed by atoms with Crippen LogP contribution in [0.4, 0.5) is 0 Å². The van der Waals surface area contributed by atoms with Crippen molar-refractivity contribution < 1.29 is 31.7 Å². The second-order valence-electron chi connectivity index (χ2n) is 5.02. The van der Waals surface area contributed by atoms with Crippen LogP contribution in [-0.4, -0.2) is 34.3 Å². The normalized spacial score (nSPS) is 19.6. The Labute approximate surface area is 126 Å². The van der Waals surface area contributed by atoms with E-state index in [9.17, 15) is 9.13 Å². The van der Waals surface area contributed by atoms with Crippen molar-refractivity contribution in [3.8, 4) is 0 Å². The number of rotatable bonds is 9. The molecule has 9 heteroatoms. The highest BCUT2D eigenvalue weighted by atomic mass is 31.2. The molecule has 0 heterocycles. The highest BCUT2D eigenvalue weighted by molar-refractivity contribution is 7.55. The molecule has 0 aromatic carbocycles. The van der Waals surface area contributed by atoms with Crippen LogP contribution in [0, 0.1) is 5.92 Å². The molecule has 0 radical (unpaired) electrons. The van der Waals surface area contributed by atoms with Crippen LogP contribution in [0.3, 0.4) is 0 Å². The number of phosphoric ester groups is 1. The summed E-state index contributed by atoms with van der Waals surface area (Å²) in [7, 11) is -2.30. The van der Waals surface area contributed by atoms with Crippen molar-refractivity contribution in [1.82, 2.24) is 0 Å². The molecule has 0 bridgehead atoms. The van der Waals surface area contributed by atoms with Gasteiger partial charge in [-0.25, -0.2) is 4.57 Å². The molecule has 1 rings (SSSR count). The molecule has 0 aromatic rings. The first kappa shape index (κ1) is 19.3. The second kappa shape index (κ2) is 8.78. The van der Waals surface area contributed by atoms with Gasteiger partial charge in [-0.3, -0.25) is 18.1 Å². The van der Waals surface area contributed by atoms with Crippen LogP contribution < -0.4 is 0 Å². The minimum atomic E-state index is -3.76. The zero-order valence-corrected chi connectivity index (χ0v) is 14.9. The molecular weight excluding hydrogens is 318 g/mol. The van der Waals surface area contributed by atoms with Crippen molar-refractivity contribution in [3.05, 3.63) is 0 Å². The van der Waals surface area contributed by atoms with Crippen LogP contribution in [-0.2, 0) is 31.7 Å². The van der Waals surface area contributed by atoms with Gasteiger partial charge in [0.05, 0.1) is 0 Å². The molecule has 7 nitrogen and oxygen atoms in total. The zero-order valence-electron chi connectivity index (χ0n) is 13.1. The Morgan fingerprint density at radius 3 is 1.86 bits per heavy atom. The van der Waals surface area contributed by atoms with Gasteiger partial charge in [0.15, 0.2) is 5.85 Å². The maximum absolute atomic E-state index is 12.6. The maximum Gasteiger partial charge on any atom is 0.475 e. The first-order valence-corrected chi connectivity index (χ1v) is 10.1. The van der Waals surface area contributed by atoms with Gasteiger partial charge in [-0.15, -0.1) is 0 Å². The van der Waals surface area contributed by atoms with Crippen molar-refractivity contribution in [2.24, 2.45) is 5.92 Å². The molecule has 0 saturated heterocycles. The Kier molecular flexibility index (Phi) is 8.07. The number of hydrogen-bond donors (Lipinski definition) is 0. The Bertz CT molecular complexity index is 379. The molecule has 1 aliphatic carbocycles. The van der Waals surface area contributed by atoms with E-state index in [0.717, 1.165) is 25.7 Å². The number of phosphoric acid groups is 1. The summed E-state index contributed by atoms with van der Waals surface area (Å²) >= 11 is 0. The van der Waals surface area contributed by atoms with Crippen LogP contribution >= 0.6 is 15.4 Å². The Balaban J connectivity index is 2.88. The van der Waals surface area contributed by atoms with Gasteiger partial charge in [0.1, 0.15) is 0 Å². The molecule has 21 heavy (non-hydrogen) atoms. The summed E-state index contributed by atoms with van der Waals surface area (Å²) in [5.41, 5.74) is 0. The summed E-state index contributed by atoms with van der Waals surface area (Å²) in [6.45, 7) is 0. The van der Waals surface area contributed by atoms with Crippen LogP contribution in [0.5, 0.6) is 0 Å². The van der Waals surface area contributed by atoms with Crippen molar-refractivity contribution in [3.63, 3.8) is 0 Å². The molecule has 1 atom stereocenters. The molecule has 0 aromatic heterocycles. The fourth-order valence-corrected chi connectivity index (χ4v) is 5.25. The van der Waals surface area contributed by atoms with E-state index in [0.29, 0.717) is 12.3 Å². The van der Waals surface area contributed by atoms with Gasteiger partial charge in [0.2, 0.25) is 0 Å². The molecular formula is C12H26O7P2. The molecule has 1 fully saturated rings. The van der Waals surface area contributed by atoms with E-state index in [2.05, 4.69) is 0 Å². The Morgan fingerprint density at radius 1 is 0.905 bits per heavy atom. The van der Waals surface area contributed by atoms with Gasteiger partial charge in [-0.05, 0) is 12.3 Å². The SMILES string of the molecule is COP(=O)(OC)OC(CC1CCCCC1)P(=O)(OC)OC. The van der Waals surface area contributed by atoms with E-state index in [-0.39, 0.29) is 0 Å². The van der Waals surface area contributed by atoms with Gasteiger partial charge in [-0.1, -0.05) is 32.1 Å². The molecule has 1 unspecified atom stereocenters. The average molecular weight is 344 g/mol.